The van der Waals surface area contributed by atoms with Gasteiger partial charge in [-0.05, 0) is 49.9 Å². The van der Waals surface area contributed by atoms with Crippen LogP contribution in [-0.4, -0.2) is 98.4 Å². The monoisotopic (exact) mass is 803 g/mol. The van der Waals surface area contributed by atoms with Crippen molar-refractivity contribution in [1.29, 1.82) is 0 Å². The molecule has 16 heteroatoms. The van der Waals surface area contributed by atoms with Crippen LogP contribution in [0.3, 0.4) is 0 Å². The van der Waals surface area contributed by atoms with Gasteiger partial charge in [-0.25, -0.2) is 14.4 Å². The molecule has 0 aliphatic rings. The van der Waals surface area contributed by atoms with Crippen LogP contribution in [0.1, 0.15) is 49.9 Å². The second kappa shape index (κ2) is 22.5. The van der Waals surface area contributed by atoms with Gasteiger partial charge in [0.1, 0.15) is 12.1 Å². The average Bonchev–Trinajstić information content (AvgIpc) is 2.99. The van der Waals surface area contributed by atoms with Crippen molar-refractivity contribution < 1.29 is 64.5 Å². The van der Waals surface area contributed by atoms with Crippen molar-refractivity contribution in [2.75, 3.05) is 26.3 Å². The molecule has 247 valence electrons. The van der Waals surface area contributed by atoms with E-state index in [4.69, 9.17) is 14.9 Å². The topological polar surface area (TPSA) is 220 Å². The van der Waals surface area contributed by atoms with Crippen LogP contribution in [0, 0.1) is 0 Å². The van der Waals surface area contributed by atoms with Gasteiger partial charge in [0.2, 0.25) is 5.91 Å². The van der Waals surface area contributed by atoms with Gasteiger partial charge in [0.15, 0.2) is 0 Å². The second-order valence-electron chi connectivity index (χ2n) is 9.89. The van der Waals surface area contributed by atoms with Crippen LogP contribution < -0.4 is 16.0 Å². The molecule has 2 heterocycles. The summed E-state index contributed by atoms with van der Waals surface area (Å²) in [6.45, 7) is 2.81. The van der Waals surface area contributed by atoms with Crippen LogP contribution in [-0.2, 0) is 57.4 Å². The summed E-state index contributed by atoms with van der Waals surface area (Å²) in [6.07, 6.45) is 3.68. The molecular weight excluding hydrogens is 763 g/mol. The third-order valence-corrected chi connectivity index (χ3v) is 6.34. The third-order valence-electron chi connectivity index (χ3n) is 6.34. The first kappa shape index (κ1) is 39.1. The summed E-state index contributed by atoms with van der Waals surface area (Å²) < 4.78 is 5.68. The fraction of sp³-hybridized carbons (Fsp3) is 0.483. The van der Waals surface area contributed by atoms with Crippen LogP contribution in [0.2, 0.25) is 0 Å². The third kappa shape index (κ3) is 17.8. The molecule has 0 saturated heterocycles. The Balaban J connectivity index is 0.0000101. The SMILES string of the molecule is O=C(O)CC[C@H](NC(=O)N[C@@H](CCCCNC(=O)CCOCCN(Cc1ccccn1)Cc1ccccn1)C(=O)O)C(=O)O.[Re]. The fourth-order valence-corrected chi connectivity index (χ4v) is 4.05. The Labute approximate surface area is 274 Å². The number of urea groups is 1. The molecule has 0 fully saturated rings. The molecule has 0 spiro atoms. The van der Waals surface area contributed by atoms with E-state index in [2.05, 4.69) is 30.8 Å². The van der Waals surface area contributed by atoms with E-state index in [1.54, 1.807) is 12.4 Å². The Morgan fingerprint density at radius 3 is 1.87 bits per heavy atom. The minimum absolute atomic E-state index is 0. The summed E-state index contributed by atoms with van der Waals surface area (Å²) in [5, 5.41) is 34.2. The number of nitrogens with zero attached hydrogens (tertiary/aromatic N) is 3. The number of aromatic nitrogens is 2. The first-order chi connectivity index (χ1) is 21.1. The molecular formula is C29H40N6O9Re. The van der Waals surface area contributed by atoms with Gasteiger partial charge in [-0.1, -0.05) is 12.1 Å². The summed E-state index contributed by atoms with van der Waals surface area (Å²) in [7, 11) is 0. The smallest absolute Gasteiger partial charge is 0.326 e. The minimum Gasteiger partial charge on any atom is -0.481 e. The maximum atomic E-state index is 12.2. The fourth-order valence-electron chi connectivity index (χ4n) is 4.05. The molecule has 45 heavy (non-hydrogen) atoms. The van der Waals surface area contributed by atoms with Crippen molar-refractivity contribution >= 4 is 29.8 Å². The molecule has 0 saturated carbocycles. The predicted molar refractivity (Wildman–Crippen MR) is 156 cm³/mol. The number of aliphatic carboxylic acids is 3. The summed E-state index contributed by atoms with van der Waals surface area (Å²) in [5.74, 6) is -4.18. The van der Waals surface area contributed by atoms with Crippen molar-refractivity contribution in [1.82, 2.24) is 30.8 Å². The van der Waals surface area contributed by atoms with Gasteiger partial charge in [0, 0.05) is 71.8 Å². The number of pyridine rings is 2. The molecule has 2 aromatic rings. The maximum absolute atomic E-state index is 12.2. The number of amides is 3. The molecule has 0 aromatic carbocycles. The molecule has 15 nitrogen and oxygen atoms in total. The molecule has 0 unspecified atom stereocenters. The number of unbranched alkanes of at least 4 members (excludes halogenated alkanes) is 1. The Kier molecular flexibility index (Phi) is 19.6. The van der Waals surface area contributed by atoms with E-state index in [1.165, 1.54) is 0 Å². The van der Waals surface area contributed by atoms with E-state index in [-0.39, 0.29) is 52.2 Å². The van der Waals surface area contributed by atoms with Gasteiger partial charge >= 0.3 is 23.9 Å². The molecule has 1 radical (unpaired) electrons. The molecule has 2 aromatic heterocycles. The number of ether oxygens (including phenoxy) is 1. The van der Waals surface area contributed by atoms with Gasteiger partial charge in [-0.15, -0.1) is 0 Å². The van der Waals surface area contributed by atoms with Crippen molar-refractivity contribution in [3.63, 3.8) is 0 Å². The molecule has 3 amide bonds. The van der Waals surface area contributed by atoms with Gasteiger partial charge in [-0.2, -0.15) is 0 Å². The van der Waals surface area contributed by atoms with E-state index < -0.39 is 42.4 Å². The first-order valence-corrected chi connectivity index (χ1v) is 14.2. The normalized spacial score (nSPS) is 11.9. The van der Waals surface area contributed by atoms with E-state index in [0.717, 1.165) is 11.4 Å². The predicted octanol–water partition coefficient (Wildman–Crippen LogP) is 1.24. The number of carboxylic acids is 3. The molecule has 6 N–H and O–H groups in total. The Morgan fingerprint density at radius 1 is 0.778 bits per heavy atom. The number of nitrogens with one attached hydrogen (secondary N) is 3. The summed E-state index contributed by atoms with van der Waals surface area (Å²) >= 11 is 0. The zero-order chi connectivity index (χ0) is 32.2. The molecule has 0 bridgehead atoms. The summed E-state index contributed by atoms with van der Waals surface area (Å²) in [6, 6.07) is 7.71. The molecule has 0 aliphatic heterocycles. The zero-order valence-corrected chi connectivity index (χ0v) is 27.5. The second-order valence-corrected chi connectivity index (χ2v) is 9.89. The van der Waals surface area contributed by atoms with Crippen LogP contribution in [0.15, 0.2) is 48.8 Å². The van der Waals surface area contributed by atoms with Gasteiger partial charge in [0.25, 0.3) is 0 Å². The van der Waals surface area contributed by atoms with Crippen LogP contribution in [0.4, 0.5) is 4.79 Å². The quantitative estimate of drug-likeness (QED) is 0.0927. The standard InChI is InChI=1S/C29H40N6O9.Re/c36-25(12-17-44-18-16-35(19-21-7-1-4-13-30-21)20-22-8-2-5-14-31-22)32-15-6-3-9-23(27(39)40)33-29(43)34-24(28(41)42)10-11-26(37)38;/h1-2,4-5,7-8,13-14,23-24H,3,6,9-12,15-20H2,(H,32,36)(H,37,38)(H,39,40)(H,41,42)(H2,33,34,43);/t23-,24-;/m0./s1. The van der Waals surface area contributed by atoms with Gasteiger partial charge < -0.3 is 36.0 Å². The first-order valence-electron chi connectivity index (χ1n) is 14.2. The average molecular weight is 803 g/mol. The van der Waals surface area contributed by atoms with Gasteiger partial charge in [0.05, 0.1) is 24.6 Å². The Hall–Kier alpha value is -3.97. The molecule has 2 atom stereocenters. The number of carbonyl (C=O) groups excluding carboxylic acids is 2. The van der Waals surface area contributed by atoms with Crippen LogP contribution >= 0.6 is 0 Å². The van der Waals surface area contributed by atoms with Crippen LogP contribution in [0.5, 0.6) is 0 Å². The Bertz CT molecular complexity index is 1150. The number of rotatable bonds is 22. The maximum Gasteiger partial charge on any atom is 0.326 e. The van der Waals surface area contributed by atoms with E-state index in [9.17, 15) is 29.1 Å². The van der Waals surface area contributed by atoms with Crippen molar-refractivity contribution in [3.8, 4) is 0 Å². The largest absolute Gasteiger partial charge is 0.481 e. The number of hydrogen-bond donors (Lipinski definition) is 6. The van der Waals surface area contributed by atoms with Crippen LogP contribution in [0.25, 0.3) is 0 Å². The van der Waals surface area contributed by atoms with Gasteiger partial charge in [-0.3, -0.25) is 24.5 Å². The van der Waals surface area contributed by atoms with Crippen molar-refractivity contribution in [3.05, 3.63) is 60.2 Å². The number of carbonyl (C=O) groups is 5. The number of carboxylic acid groups (broad SMARTS) is 3. The summed E-state index contributed by atoms with van der Waals surface area (Å²) in [4.78, 5) is 68.6. The number of hydrogen-bond acceptors (Lipinski definition) is 9. The molecule has 2 rings (SSSR count). The molecule has 0 aliphatic carbocycles. The minimum atomic E-state index is -1.48. The van der Waals surface area contributed by atoms with Crippen molar-refractivity contribution in [2.24, 2.45) is 0 Å². The van der Waals surface area contributed by atoms with E-state index >= 15 is 0 Å². The zero-order valence-electron chi connectivity index (χ0n) is 24.8. The Morgan fingerprint density at radius 2 is 1.36 bits per heavy atom. The summed E-state index contributed by atoms with van der Waals surface area (Å²) in [5.41, 5.74) is 1.85. The van der Waals surface area contributed by atoms with E-state index in [1.807, 2.05) is 36.4 Å². The van der Waals surface area contributed by atoms with E-state index in [0.29, 0.717) is 45.6 Å². The van der Waals surface area contributed by atoms with Crippen molar-refractivity contribution in [2.45, 2.75) is 63.7 Å².